The van der Waals surface area contributed by atoms with E-state index in [-0.39, 0.29) is 5.91 Å². The van der Waals surface area contributed by atoms with Crippen LogP contribution in [0, 0.1) is 0 Å². The number of rotatable bonds is 5. The molecule has 142 valence electrons. The average molecular weight is 364 g/mol. The van der Waals surface area contributed by atoms with Crippen LogP contribution in [0.5, 0.6) is 0 Å². The lowest BCUT2D eigenvalue weighted by Gasteiger charge is -2.37. The molecule has 0 radical (unpaired) electrons. The summed E-state index contributed by atoms with van der Waals surface area (Å²) >= 11 is 0. The Bertz CT molecular complexity index is 761. The highest BCUT2D eigenvalue weighted by atomic mass is 16.2. The Hall–Kier alpha value is -2.17. The molecule has 2 N–H and O–H groups in total. The lowest BCUT2D eigenvalue weighted by molar-refractivity contribution is 0.0586. The fourth-order valence-electron chi connectivity index (χ4n) is 4.50. The lowest BCUT2D eigenvalue weighted by atomic mass is 9.80. The Morgan fingerprint density at radius 2 is 1.89 bits per heavy atom. The summed E-state index contributed by atoms with van der Waals surface area (Å²) < 4.78 is 0. The second kappa shape index (κ2) is 8.68. The highest BCUT2D eigenvalue weighted by Crippen LogP contribution is 2.35. The number of hydrazine groups is 1. The fraction of sp³-hybridized carbons (Fsp3) is 0.435. The first kappa shape index (κ1) is 18.2. The van der Waals surface area contributed by atoms with Gasteiger partial charge in [-0.1, -0.05) is 42.5 Å². The van der Waals surface area contributed by atoms with Gasteiger partial charge in [-0.25, -0.2) is 5.01 Å². The summed E-state index contributed by atoms with van der Waals surface area (Å²) in [4.78, 5) is 12.6. The van der Waals surface area contributed by atoms with Crippen LogP contribution in [0.1, 0.15) is 53.1 Å². The molecule has 1 aliphatic carbocycles. The Kier molecular flexibility index (Phi) is 5.85. The van der Waals surface area contributed by atoms with Gasteiger partial charge in [0.05, 0.1) is 0 Å². The summed E-state index contributed by atoms with van der Waals surface area (Å²) in [6.07, 6.45) is 6.08. The van der Waals surface area contributed by atoms with Crippen molar-refractivity contribution < 1.29 is 4.79 Å². The van der Waals surface area contributed by atoms with Crippen LogP contribution < -0.4 is 10.7 Å². The van der Waals surface area contributed by atoms with Crippen molar-refractivity contribution >= 4 is 5.91 Å². The van der Waals surface area contributed by atoms with E-state index in [2.05, 4.69) is 40.0 Å². The van der Waals surface area contributed by atoms with E-state index in [0.29, 0.717) is 12.0 Å². The van der Waals surface area contributed by atoms with Crippen LogP contribution in [0.2, 0.25) is 0 Å². The van der Waals surface area contributed by atoms with E-state index in [9.17, 15) is 4.79 Å². The van der Waals surface area contributed by atoms with E-state index in [1.54, 1.807) is 5.56 Å². The molecule has 2 atom stereocenters. The highest BCUT2D eigenvalue weighted by molar-refractivity contribution is 5.93. The molecular weight excluding hydrogens is 334 g/mol. The minimum Gasteiger partial charge on any atom is -0.314 e. The van der Waals surface area contributed by atoms with Crippen molar-refractivity contribution in [2.45, 2.75) is 44.1 Å². The summed E-state index contributed by atoms with van der Waals surface area (Å²) in [6.45, 7) is 2.70. The minimum absolute atomic E-state index is 0.00879. The molecule has 2 aromatic rings. The van der Waals surface area contributed by atoms with Crippen LogP contribution in [0.15, 0.2) is 54.6 Å². The van der Waals surface area contributed by atoms with E-state index in [1.807, 2.05) is 30.3 Å². The van der Waals surface area contributed by atoms with Crippen molar-refractivity contribution in [2.24, 2.45) is 0 Å². The number of benzene rings is 2. The van der Waals surface area contributed by atoms with Gasteiger partial charge >= 0.3 is 0 Å². The zero-order chi connectivity index (χ0) is 18.5. The molecule has 4 heteroatoms. The first-order valence-corrected chi connectivity index (χ1v) is 10.2. The normalized spacial score (nSPS) is 22.8. The zero-order valence-corrected chi connectivity index (χ0v) is 15.9. The maximum atomic E-state index is 12.6. The summed E-state index contributed by atoms with van der Waals surface area (Å²) in [7, 11) is 0. The van der Waals surface area contributed by atoms with Crippen molar-refractivity contribution in [3.8, 4) is 0 Å². The number of nitrogens with one attached hydrogen (secondary N) is 2. The monoisotopic (exact) mass is 363 g/mol. The molecular formula is C23H29N3O. The van der Waals surface area contributed by atoms with Crippen molar-refractivity contribution in [2.75, 3.05) is 19.6 Å². The number of carbonyl (C=O) groups excluding carboxylic acids is 1. The van der Waals surface area contributed by atoms with Gasteiger partial charge < -0.3 is 5.32 Å². The van der Waals surface area contributed by atoms with Crippen LogP contribution >= 0.6 is 0 Å². The van der Waals surface area contributed by atoms with Crippen LogP contribution in [0.25, 0.3) is 0 Å². The predicted octanol–water partition coefficient (Wildman–Crippen LogP) is 3.51. The van der Waals surface area contributed by atoms with Crippen LogP contribution in [0.4, 0.5) is 0 Å². The van der Waals surface area contributed by atoms with E-state index >= 15 is 0 Å². The smallest absolute Gasteiger partial charge is 0.265 e. The summed E-state index contributed by atoms with van der Waals surface area (Å²) in [5.74, 6) is 0.647. The molecule has 27 heavy (non-hydrogen) atoms. The molecule has 2 unspecified atom stereocenters. The highest BCUT2D eigenvalue weighted by Gasteiger charge is 2.26. The fourth-order valence-corrected chi connectivity index (χ4v) is 4.50. The number of piperazine rings is 1. The van der Waals surface area contributed by atoms with Gasteiger partial charge in [-0.15, -0.1) is 0 Å². The second-order valence-corrected chi connectivity index (χ2v) is 7.72. The molecule has 1 heterocycles. The topological polar surface area (TPSA) is 44.4 Å². The number of carbonyl (C=O) groups is 1. The van der Waals surface area contributed by atoms with E-state index < -0.39 is 0 Å². The summed E-state index contributed by atoms with van der Waals surface area (Å²) in [5, 5.41) is 5.65. The molecule has 2 aliphatic rings. The number of amides is 1. The van der Waals surface area contributed by atoms with E-state index in [1.165, 1.54) is 31.2 Å². The van der Waals surface area contributed by atoms with Crippen molar-refractivity contribution in [3.05, 3.63) is 71.3 Å². The van der Waals surface area contributed by atoms with E-state index in [4.69, 9.17) is 0 Å². The van der Waals surface area contributed by atoms with Gasteiger partial charge in [0.15, 0.2) is 0 Å². The molecule has 2 aromatic carbocycles. The first-order valence-electron chi connectivity index (χ1n) is 10.2. The van der Waals surface area contributed by atoms with Crippen LogP contribution in [-0.2, 0) is 6.42 Å². The summed E-state index contributed by atoms with van der Waals surface area (Å²) in [6, 6.07) is 18.8. The average Bonchev–Trinajstić information content (AvgIpc) is 2.73. The van der Waals surface area contributed by atoms with Crippen molar-refractivity contribution in [3.63, 3.8) is 0 Å². The number of hydrogen-bond acceptors (Lipinski definition) is 3. The summed E-state index contributed by atoms with van der Waals surface area (Å²) in [5.41, 5.74) is 6.95. The third-order valence-corrected chi connectivity index (χ3v) is 5.97. The quantitative estimate of drug-likeness (QED) is 0.854. The first-order chi connectivity index (χ1) is 13.3. The Morgan fingerprint density at radius 3 is 2.78 bits per heavy atom. The number of aryl methyl sites for hydroxylation is 1. The molecule has 0 bridgehead atoms. The van der Waals surface area contributed by atoms with Crippen molar-refractivity contribution in [1.29, 1.82) is 0 Å². The standard InChI is InChI=1S/C23H29N3O/c27-23(20-8-2-1-3-9-20)25-26-16-15-24-17-21(26)14-13-19-11-6-10-18-7-4-5-12-22(18)19/h1-5,7-9,12,19,21,24H,6,10-11,13-17H2,(H,25,27). The third-order valence-electron chi connectivity index (χ3n) is 5.97. The molecule has 1 aliphatic heterocycles. The van der Waals surface area contributed by atoms with Crippen LogP contribution in [0.3, 0.4) is 0 Å². The molecule has 1 fully saturated rings. The molecule has 0 spiro atoms. The Balaban J connectivity index is 1.38. The van der Waals surface area contributed by atoms with Crippen molar-refractivity contribution in [1.82, 2.24) is 15.8 Å². The number of fused-ring (bicyclic) bond motifs is 1. The van der Waals surface area contributed by atoms with Gasteiger partial charge in [0, 0.05) is 31.2 Å². The molecule has 0 saturated carbocycles. The number of hydrogen-bond donors (Lipinski definition) is 2. The van der Waals surface area contributed by atoms with Crippen LogP contribution in [-0.4, -0.2) is 36.6 Å². The Morgan fingerprint density at radius 1 is 1.07 bits per heavy atom. The van der Waals surface area contributed by atoms with Gasteiger partial charge in [0.1, 0.15) is 0 Å². The molecule has 4 rings (SSSR count). The maximum Gasteiger partial charge on any atom is 0.265 e. The van der Waals surface area contributed by atoms with Gasteiger partial charge in [0.2, 0.25) is 0 Å². The third kappa shape index (κ3) is 4.40. The molecule has 1 saturated heterocycles. The van der Waals surface area contributed by atoms with Gasteiger partial charge in [0.25, 0.3) is 5.91 Å². The van der Waals surface area contributed by atoms with E-state index in [0.717, 1.165) is 31.6 Å². The Labute approximate surface area is 161 Å². The predicted molar refractivity (Wildman–Crippen MR) is 109 cm³/mol. The van der Waals surface area contributed by atoms with Gasteiger partial charge in [-0.05, 0) is 61.3 Å². The maximum absolute atomic E-state index is 12.6. The SMILES string of the molecule is O=C(NN1CCNCC1CCC1CCCc2ccccc21)c1ccccc1. The molecule has 1 amide bonds. The lowest BCUT2D eigenvalue weighted by Crippen LogP contribution is -2.58. The second-order valence-electron chi connectivity index (χ2n) is 7.72. The largest absolute Gasteiger partial charge is 0.314 e. The van der Waals surface area contributed by atoms with Gasteiger partial charge in [-0.3, -0.25) is 10.2 Å². The van der Waals surface area contributed by atoms with Gasteiger partial charge in [-0.2, -0.15) is 0 Å². The zero-order valence-electron chi connectivity index (χ0n) is 15.9. The molecule has 4 nitrogen and oxygen atoms in total. The number of nitrogens with zero attached hydrogens (tertiary/aromatic N) is 1. The minimum atomic E-state index is -0.00879. The molecule has 0 aromatic heterocycles.